The Hall–Kier alpha value is -0.913. The predicted octanol–water partition coefficient (Wildman–Crippen LogP) is 1.64. The zero-order chi connectivity index (χ0) is 15.5. The predicted molar refractivity (Wildman–Crippen MR) is 92.7 cm³/mol. The van der Waals surface area contributed by atoms with Crippen molar-refractivity contribution in [3.8, 4) is 0 Å². The third-order valence-corrected chi connectivity index (χ3v) is 8.08. The zero-order valence-corrected chi connectivity index (χ0v) is 14.7. The van der Waals surface area contributed by atoms with E-state index in [0.29, 0.717) is 6.54 Å². The summed E-state index contributed by atoms with van der Waals surface area (Å²) in [4.78, 5) is 6.22. The highest BCUT2D eigenvalue weighted by Gasteiger charge is 2.37. The quantitative estimate of drug-likeness (QED) is 0.665. The van der Waals surface area contributed by atoms with Crippen LogP contribution >= 0.6 is 22.2 Å². The van der Waals surface area contributed by atoms with Crippen LogP contribution in [0.1, 0.15) is 11.1 Å². The molecule has 0 spiro atoms. The van der Waals surface area contributed by atoms with Crippen LogP contribution in [0.3, 0.4) is 0 Å². The molecule has 0 bridgehead atoms. The van der Waals surface area contributed by atoms with E-state index < -0.39 is 6.69 Å². The first-order valence-corrected chi connectivity index (χ1v) is 10.7. The Labute approximate surface area is 136 Å². The van der Waals surface area contributed by atoms with E-state index in [1.807, 2.05) is 38.4 Å². The molecule has 112 valence electrons. The number of aromatic nitrogens is 1. The van der Waals surface area contributed by atoms with Crippen LogP contribution in [-0.2, 0) is 13.1 Å². The molecule has 0 saturated carbocycles. The summed E-state index contributed by atoms with van der Waals surface area (Å²) in [5.74, 6) is 0. The molecule has 2 rings (SSSR count). The van der Waals surface area contributed by atoms with Crippen LogP contribution < -0.4 is 16.1 Å². The molecule has 0 aliphatic carbocycles. The Morgan fingerprint density at radius 2 is 1.76 bits per heavy atom. The maximum absolute atomic E-state index is 6.86. The van der Waals surface area contributed by atoms with Gasteiger partial charge in [-0.2, -0.15) is 0 Å². The Morgan fingerprint density at radius 3 is 2.43 bits per heavy atom. The fraction of sp³-hybridized carbons (Fsp3) is 0.267. The Bertz CT molecular complexity index is 617. The van der Waals surface area contributed by atoms with Gasteiger partial charge in [-0.3, -0.25) is 4.98 Å². The summed E-state index contributed by atoms with van der Waals surface area (Å²) in [7, 11) is 4.06. The highest BCUT2D eigenvalue weighted by Crippen LogP contribution is 2.19. The molecule has 1 aromatic carbocycles. The fourth-order valence-electron chi connectivity index (χ4n) is 2.35. The number of pyridine rings is 1. The Morgan fingerprint density at radius 1 is 1.10 bits per heavy atom. The van der Waals surface area contributed by atoms with Crippen molar-refractivity contribution < 1.29 is 0 Å². The second kappa shape index (κ2) is 6.90. The summed E-state index contributed by atoms with van der Waals surface area (Å²) in [6.07, 6.45) is 3.46. The van der Waals surface area contributed by atoms with Crippen molar-refractivity contribution >= 4 is 39.2 Å². The topological polar surface area (TPSA) is 42.2 Å². The third kappa shape index (κ3) is 3.65. The van der Waals surface area contributed by atoms with Gasteiger partial charge in [-0.05, 0) is 41.7 Å². The van der Waals surface area contributed by atoms with E-state index >= 15 is 0 Å². The molecule has 2 aromatic rings. The molecule has 0 aliphatic heterocycles. The molecule has 0 atom stereocenters. The van der Waals surface area contributed by atoms with Crippen molar-refractivity contribution in [3.05, 3.63) is 53.9 Å². The monoisotopic (exact) mass is 339 g/mol. The van der Waals surface area contributed by atoms with Gasteiger partial charge in [0.1, 0.15) is 0 Å². The zero-order valence-electron chi connectivity index (χ0n) is 12.2. The molecule has 0 saturated heterocycles. The van der Waals surface area contributed by atoms with Gasteiger partial charge in [0.05, 0.1) is 0 Å². The van der Waals surface area contributed by atoms with Crippen molar-refractivity contribution in [2.24, 2.45) is 5.73 Å². The maximum atomic E-state index is 6.86. The van der Waals surface area contributed by atoms with Gasteiger partial charge in [-0.1, -0.05) is 24.3 Å². The van der Waals surface area contributed by atoms with Gasteiger partial charge in [-0.25, -0.2) is 0 Å². The van der Waals surface area contributed by atoms with E-state index in [4.69, 9.17) is 27.9 Å². The maximum Gasteiger partial charge on any atom is 0.311 e. The van der Waals surface area contributed by atoms with Crippen molar-refractivity contribution in [1.29, 1.82) is 0 Å². The second-order valence-electron chi connectivity index (χ2n) is 5.21. The minimum atomic E-state index is -2.83. The van der Waals surface area contributed by atoms with Gasteiger partial charge in [0.15, 0.2) is 0 Å². The highest BCUT2D eigenvalue weighted by atomic mass is 35.7. The molecule has 0 fully saturated rings. The normalized spacial score (nSPS) is 11.9. The summed E-state index contributed by atoms with van der Waals surface area (Å²) < 4.78 is 0. The molecule has 0 unspecified atom stereocenters. The molecule has 1 aromatic heterocycles. The van der Waals surface area contributed by atoms with E-state index in [-0.39, 0.29) is 0 Å². The minimum absolute atomic E-state index is 0.382. The lowest BCUT2D eigenvalue weighted by atomic mass is 10.2. The molecule has 2 N–H and O–H groups in total. The lowest BCUT2D eigenvalue weighted by molar-refractivity contribution is 0.403. The number of halogens is 2. The summed E-state index contributed by atoms with van der Waals surface area (Å²) in [5, 5.41) is 1.94. The number of rotatable bonds is 5. The van der Waals surface area contributed by atoms with Gasteiger partial charge in [0.2, 0.25) is 0 Å². The molecule has 21 heavy (non-hydrogen) atoms. The Balaban J connectivity index is 2.53. The Kier molecular flexibility index (Phi) is 5.41. The molecular formula is C15H19Cl2N3Si. The van der Waals surface area contributed by atoms with Gasteiger partial charge in [0.25, 0.3) is 0 Å². The van der Waals surface area contributed by atoms with E-state index in [1.54, 1.807) is 12.4 Å². The average molecular weight is 340 g/mol. The lowest BCUT2D eigenvalue weighted by Crippen LogP contribution is -2.52. The number of hydrogen-bond acceptors (Lipinski definition) is 3. The summed E-state index contributed by atoms with van der Waals surface area (Å²) in [6, 6.07) is 9.97. The first kappa shape index (κ1) is 16.5. The number of hydrogen-bond donors (Lipinski definition) is 1. The highest BCUT2D eigenvalue weighted by molar-refractivity contribution is 7.56. The lowest BCUT2D eigenvalue weighted by Gasteiger charge is -2.24. The van der Waals surface area contributed by atoms with Crippen LogP contribution in [0.4, 0.5) is 0 Å². The molecular weight excluding hydrogens is 321 g/mol. The molecule has 6 heteroatoms. The second-order valence-corrected chi connectivity index (χ2v) is 11.4. The van der Waals surface area contributed by atoms with Crippen molar-refractivity contribution in [1.82, 2.24) is 9.88 Å². The number of nitrogens with two attached hydrogens (primary N) is 1. The third-order valence-electron chi connectivity index (χ3n) is 3.30. The fourth-order valence-corrected chi connectivity index (χ4v) is 6.57. The molecule has 3 nitrogen and oxygen atoms in total. The molecule has 0 amide bonds. The van der Waals surface area contributed by atoms with Gasteiger partial charge in [-0.15, -0.1) is 22.2 Å². The molecule has 1 heterocycles. The van der Waals surface area contributed by atoms with Crippen LogP contribution in [0.2, 0.25) is 0 Å². The smallest absolute Gasteiger partial charge is 0.311 e. The number of nitrogens with zero attached hydrogens (tertiary/aromatic N) is 2. The number of benzene rings is 1. The van der Waals surface area contributed by atoms with Gasteiger partial charge < -0.3 is 10.6 Å². The largest absolute Gasteiger partial charge is 0.326 e. The van der Waals surface area contributed by atoms with E-state index in [1.165, 1.54) is 0 Å². The van der Waals surface area contributed by atoms with Crippen LogP contribution in [0.25, 0.3) is 0 Å². The van der Waals surface area contributed by atoms with Crippen LogP contribution in [0.15, 0.2) is 42.7 Å². The van der Waals surface area contributed by atoms with E-state index in [2.05, 4.69) is 16.0 Å². The summed E-state index contributed by atoms with van der Waals surface area (Å²) in [6.45, 7) is -1.65. The first-order chi connectivity index (χ1) is 9.96. The first-order valence-electron chi connectivity index (χ1n) is 6.71. The molecule has 0 aliphatic rings. The average Bonchev–Trinajstić information content (AvgIpc) is 2.47. The van der Waals surface area contributed by atoms with Crippen molar-refractivity contribution in [2.45, 2.75) is 13.1 Å². The van der Waals surface area contributed by atoms with Crippen LogP contribution in [0, 0.1) is 0 Å². The van der Waals surface area contributed by atoms with Crippen LogP contribution in [-0.4, -0.2) is 30.7 Å². The van der Waals surface area contributed by atoms with Crippen molar-refractivity contribution in [2.75, 3.05) is 14.1 Å². The van der Waals surface area contributed by atoms with Gasteiger partial charge in [0, 0.05) is 25.5 Å². The van der Waals surface area contributed by atoms with E-state index in [9.17, 15) is 0 Å². The summed E-state index contributed by atoms with van der Waals surface area (Å²) in [5.41, 5.74) is 7.86. The van der Waals surface area contributed by atoms with Crippen LogP contribution in [0.5, 0.6) is 0 Å². The minimum Gasteiger partial charge on any atom is -0.326 e. The standard InChI is InChI=1S/C15H19Cl2N3Si/c1-20(2)11-12-5-3-4-6-14(12)21(16,17)15-7-8-19-10-13(15)9-18/h3-8,10H,9,11,18H2,1-2H3. The van der Waals surface area contributed by atoms with E-state index in [0.717, 1.165) is 28.0 Å². The van der Waals surface area contributed by atoms with Crippen molar-refractivity contribution in [3.63, 3.8) is 0 Å². The van der Waals surface area contributed by atoms with Gasteiger partial charge >= 0.3 is 6.69 Å². The SMILES string of the molecule is CN(C)Cc1ccccc1[Si](Cl)(Cl)c1ccncc1CN. The molecule has 0 radical (unpaired) electrons. The summed E-state index contributed by atoms with van der Waals surface area (Å²) >= 11 is 13.7.